The first-order chi connectivity index (χ1) is 11.1. The molecule has 1 aliphatic heterocycles. The average molecular weight is 356 g/mol. The predicted octanol–water partition coefficient (Wildman–Crippen LogP) is 3.01. The number of guanidine groups is 1. The van der Waals surface area contributed by atoms with Gasteiger partial charge in [-0.1, -0.05) is 30.9 Å². The summed E-state index contributed by atoms with van der Waals surface area (Å²) >= 11 is 5.83. The third kappa shape index (κ3) is 3.98. The third-order valence-corrected chi connectivity index (χ3v) is 6.05. The van der Waals surface area contributed by atoms with Crippen LogP contribution in [0.1, 0.15) is 38.5 Å². The summed E-state index contributed by atoms with van der Waals surface area (Å²) in [5.74, 6) is 0.498. The Morgan fingerprint density at radius 1 is 1.09 bits per heavy atom. The van der Waals surface area contributed by atoms with Gasteiger partial charge in [-0.25, -0.2) is 13.1 Å². The number of sulfonamides is 1. The maximum atomic E-state index is 12.6. The molecule has 1 aromatic rings. The summed E-state index contributed by atoms with van der Waals surface area (Å²) < 4.78 is 27.8. The molecule has 23 heavy (non-hydrogen) atoms. The van der Waals surface area contributed by atoms with Gasteiger partial charge in [0.25, 0.3) is 10.0 Å². The largest absolute Gasteiger partial charge is 0.339 e. The smallest absolute Gasteiger partial charge is 0.264 e. The van der Waals surface area contributed by atoms with Gasteiger partial charge in [0, 0.05) is 24.2 Å². The normalized spacial score (nSPS) is 20.2. The van der Waals surface area contributed by atoms with Gasteiger partial charge >= 0.3 is 0 Å². The van der Waals surface area contributed by atoms with Crippen LogP contribution in [0.5, 0.6) is 0 Å². The molecule has 2 aliphatic rings. The Morgan fingerprint density at radius 3 is 2.48 bits per heavy atom. The van der Waals surface area contributed by atoms with Crippen LogP contribution in [-0.4, -0.2) is 38.4 Å². The molecule has 0 amide bonds. The van der Waals surface area contributed by atoms with E-state index in [1.807, 2.05) is 0 Å². The Balaban J connectivity index is 1.78. The highest BCUT2D eigenvalue weighted by Crippen LogP contribution is 2.24. The maximum Gasteiger partial charge on any atom is 0.264 e. The van der Waals surface area contributed by atoms with Gasteiger partial charge in [-0.2, -0.15) is 0 Å². The van der Waals surface area contributed by atoms with E-state index in [-0.39, 0.29) is 4.90 Å². The van der Waals surface area contributed by atoms with Crippen LogP contribution in [0.4, 0.5) is 0 Å². The zero-order valence-electron chi connectivity index (χ0n) is 13.0. The fourth-order valence-corrected chi connectivity index (χ4v) is 4.42. The van der Waals surface area contributed by atoms with E-state index in [1.54, 1.807) is 12.1 Å². The summed E-state index contributed by atoms with van der Waals surface area (Å²) in [5, 5.41) is 0.516. The molecule has 1 N–H and O–H groups in total. The highest BCUT2D eigenvalue weighted by Gasteiger charge is 2.28. The number of nitrogens with zero attached hydrogens (tertiary/aromatic N) is 2. The summed E-state index contributed by atoms with van der Waals surface area (Å²) in [6.07, 6.45) is 6.89. The van der Waals surface area contributed by atoms with Crippen molar-refractivity contribution in [2.75, 3.05) is 13.1 Å². The molecule has 0 bridgehead atoms. The van der Waals surface area contributed by atoms with Gasteiger partial charge in [-0.3, -0.25) is 4.99 Å². The lowest BCUT2D eigenvalue weighted by atomic mass is 9.94. The topological polar surface area (TPSA) is 61.8 Å². The van der Waals surface area contributed by atoms with E-state index in [0.717, 1.165) is 25.8 Å². The zero-order chi connectivity index (χ0) is 16.3. The standard InChI is InChI=1S/C16H22ClN3O2S/c17-13-7-9-15(10-8-13)23(21,22)19-16-18-11-4-12-20(16)14-5-2-1-3-6-14/h7-10,14H,1-6,11-12H2,(H,18,19). The number of hydrogen-bond acceptors (Lipinski definition) is 4. The predicted molar refractivity (Wildman–Crippen MR) is 92.3 cm³/mol. The summed E-state index contributed by atoms with van der Waals surface area (Å²) in [6, 6.07) is 6.59. The molecule has 0 unspecified atom stereocenters. The van der Waals surface area contributed by atoms with Crippen LogP contribution < -0.4 is 4.72 Å². The van der Waals surface area contributed by atoms with E-state index in [9.17, 15) is 8.42 Å². The van der Waals surface area contributed by atoms with Crippen LogP contribution in [0, 0.1) is 0 Å². The minimum absolute atomic E-state index is 0.207. The first-order valence-electron chi connectivity index (χ1n) is 8.16. The molecule has 1 aliphatic carbocycles. The Kier molecular flexibility index (Phi) is 5.11. The monoisotopic (exact) mass is 355 g/mol. The molecule has 1 saturated carbocycles. The minimum Gasteiger partial charge on any atom is -0.339 e. The lowest BCUT2D eigenvalue weighted by Gasteiger charge is -2.38. The van der Waals surface area contributed by atoms with Gasteiger partial charge in [-0.15, -0.1) is 0 Å². The Bertz CT molecular complexity index is 667. The molecule has 0 spiro atoms. The highest BCUT2D eigenvalue weighted by molar-refractivity contribution is 7.90. The number of halogens is 1. The van der Waals surface area contributed by atoms with Crippen molar-refractivity contribution in [1.29, 1.82) is 0 Å². The van der Waals surface area contributed by atoms with Gasteiger partial charge in [-0.05, 0) is 43.5 Å². The van der Waals surface area contributed by atoms with Crippen LogP contribution in [0.2, 0.25) is 5.02 Å². The first-order valence-corrected chi connectivity index (χ1v) is 10.0. The van der Waals surface area contributed by atoms with Gasteiger partial charge in [0.2, 0.25) is 5.96 Å². The van der Waals surface area contributed by atoms with Gasteiger partial charge in [0.05, 0.1) is 4.90 Å². The van der Waals surface area contributed by atoms with E-state index >= 15 is 0 Å². The fraction of sp³-hybridized carbons (Fsp3) is 0.562. The van der Waals surface area contributed by atoms with Crippen molar-refractivity contribution in [2.45, 2.75) is 49.5 Å². The summed E-state index contributed by atoms with van der Waals surface area (Å²) in [7, 11) is -3.63. The van der Waals surface area contributed by atoms with Crippen LogP contribution in [0.3, 0.4) is 0 Å². The number of aliphatic imine (C=N–C) groups is 1. The molecular formula is C16H22ClN3O2S. The summed E-state index contributed by atoms with van der Waals surface area (Å²) in [5.41, 5.74) is 0. The van der Waals surface area contributed by atoms with Crippen molar-refractivity contribution in [3.05, 3.63) is 29.3 Å². The molecule has 0 saturated heterocycles. The molecule has 1 aromatic carbocycles. The van der Waals surface area contributed by atoms with Crippen molar-refractivity contribution in [3.8, 4) is 0 Å². The Morgan fingerprint density at radius 2 is 1.78 bits per heavy atom. The first kappa shape index (κ1) is 16.6. The highest BCUT2D eigenvalue weighted by atomic mass is 35.5. The van der Waals surface area contributed by atoms with E-state index in [0.29, 0.717) is 23.6 Å². The van der Waals surface area contributed by atoms with Gasteiger partial charge in [0.1, 0.15) is 0 Å². The van der Waals surface area contributed by atoms with E-state index in [1.165, 1.54) is 31.4 Å². The molecule has 7 heteroatoms. The van der Waals surface area contributed by atoms with Gasteiger partial charge in [0.15, 0.2) is 0 Å². The summed E-state index contributed by atoms with van der Waals surface area (Å²) in [6.45, 7) is 1.54. The molecule has 3 rings (SSSR count). The molecule has 126 valence electrons. The van der Waals surface area contributed by atoms with Crippen molar-refractivity contribution in [1.82, 2.24) is 9.62 Å². The fourth-order valence-electron chi connectivity index (χ4n) is 3.25. The minimum atomic E-state index is -3.63. The van der Waals surface area contributed by atoms with Crippen molar-refractivity contribution in [3.63, 3.8) is 0 Å². The van der Waals surface area contributed by atoms with E-state index in [2.05, 4.69) is 14.6 Å². The lowest BCUT2D eigenvalue weighted by molar-refractivity contribution is 0.231. The quantitative estimate of drug-likeness (QED) is 0.906. The zero-order valence-corrected chi connectivity index (χ0v) is 14.6. The number of hydrogen-bond donors (Lipinski definition) is 1. The third-order valence-electron chi connectivity index (χ3n) is 4.46. The Labute approximate surface area is 142 Å². The average Bonchev–Trinajstić information content (AvgIpc) is 2.56. The second kappa shape index (κ2) is 7.09. The SMILES string of the molecule is O=S(=O)(NC1=NCCCN1C1CCCCC1)c1ccc(Cl)cc1. The number of nitrogens with one attached hydrogen (secondary N) is 1. The van der Waals surface area contributed by atoms with Crippen molar-refractivity contribution >= 4 is 27.6 Å². The second-order valence-electron chi connectivity index (χ2n) is 6.10. The number of benzene rings is 1. The second-order valence-corrected chi connectivity index (χ2v) is 8.22. The van der Waals surface area contributed by atoms with Crippen LogP contribution >= 0.6 is 11.6 Å². The van der Waals surface area contributed by atoms with Gasteiger partial charge < -0.3 is 4.90 Å². The van der Waals surface area contributed by atoms with Crippen LogP contribution in [0.25, 0.3) is 0 Å². The number of rotatable bonds is 3. The van der Waals surface area contributed by atoms with Crippen LogP contribution in [-0.2, 0) is 10.0 Å². The van der Waals surface area contributed by atoms with E-state index < -0.39 is 10.0 Å². The molecule has 0 radical (unpaired) electrons. The van der Waals surface area contributed by atoms with Crippen molar-refractivity contribution < 1.29 is 8.42 Å². The molecule has 1 heterocycles. The summed E-state index contributed by atoms with van der Waals surface area (Å²) in [4.78, 5) is 6.80. The lowest BCUT2D eigenvalue weighted by Crippen LogP contribution is -2.51. The molecular weight excluding hydrogens is 334 g/mol. The Hall–Kier alpha value is -1.27. The maximum absolute atomic E-state index is 12.6. The molecule has 0 aromatic heterocycles. The molecule has 1 fully saturated rings. The molecule has 0 atom stereocenters. The van der Waals surface area contributed by atoms with E-state index in [4.69, 9.17) is 11.6 Å². The molecule has 5 nitrogen and oxygen atoms in total. The van der Waals surface area contributed by atoms with Crippen molar-refractivity contribution in [2.24, 2.45) is 4.99 Å². The van der Waals surface area contributed by atoms with Crippen LogP contribution in [0.15, 0.2) is 34.2 Å².